The number of amides is 1. The van der Waals surface area contributed by atoms with Crippen molar-refractivity contribution in [2.24, 2.45) is 0 Å². The standard InChI is InChI=1S/C23H27N3O2/c1-5-26(6-2)19-12-9-17-13-20(22(24)28-21(17)14-19)23(27)25-18-10-7-16(8-11-18)15(3)4/h7-15,24H,5-6H2,1-4H3,(H,25,27). The zero-order valence-electron chi connectivity index (χ0n) is 16.9. The Bertz CT molecular complexity index is 1030. The number of nitrogens with zero attached hydrogens (tertiary/aromatic N) is 1. The highest BCUT2D eigenvalue weighted by molar-refractivity contribution is 6.05. The maximum Gasteiger partial charge on any atom is 0.261 e. The molecule has 5 heteroatoms. The average molecular weight is 377 g/mol. The number of carbonyl (C=O) groups is 1. The zero-order valence-corrected chi connectivity index (χ0v) is 16.9. The van der Waals surface area contributed by atoms with Crippen LogP contribution in [0, 0.1) is 5.41 Å². The first-order chi connectivity index (χ1) is 13.4. The molecule has 0 saturated carbocycles. The van der Waals surface area contributed by atoms with E-state index in [0.29, 0.717) is 17.2 Å². The summed E-state index contributed by atoms with van der Waals surface area (Å²) >= 11 is 0. The largest absolute Gasteiger partial charge is 0.438 e. The molecule has 28 heavy (non-hydrogen) atoms. The van der Waals surface area contributed by atoms with Gasteiger partial charge in [0.1, 0.15) is 11.1 Å². The summed E-state index contributed by atoms with van der Waals surface area (Å²) in [5.41, 5.74) is 3.64. The molecule has 0 atom stereocenters. The number of rotatable bonds is 6. The number of benzene rings is 2. The van der Waals surface area contributed by atoms with E-state index < -0.39 is 0 Å². The molecular weight excluding hydrogens is 350 g/mol. The second-order valence-electron chi connectivity index (χ2n) is 7.11. The maximum atomic E-state index is 12.7. The molecule has 0 unspecified atom stereocenters. The Kier molecular flexibility index (Phi) is 5.83. The maximum absolute atomic E-state index is 12.7. The van der Waals surface area contributed by atoms with Gasteiger partial charge < -0.3 is 14.6 Å². The van der Waals surface area contributed by atoms with Crippen molar-refractivity contribution in [3.05, 3.63) is 65.2 Å². The number of carbonyl (C=O) groups excluding carboxylic acids is 1. The van der Waals surface area contributed by atoms with Crippen molar-refractivity contribution in [2.75, 3.05) is 23.3 Å². The molecule has 3 rings (SSSR count). The molecule has 2 N–H and O–H groups in total. The fraction of sp³-hybridized carbons (Fsp3) is 0.304. The molecule has 0 saturated heterocycles. The van der Waals surface area contributed by atoms with Crippen LogP contribution in [0.4, 0.5) is 11.4 Å². The smallest absolute Gasteiger partial charge is 0.261 e. The summed E-state index contributed by atoms with van der Waals surface area (Å²) in [7, 11) is 0. The van der Waals surface area contributed by atoms with Crippen molar-refractivity contribution in [3.8, 4) is 0 Å². The first-order valence-corrected chi connectivity index (χ1v) is 9.71. The topological polar surface area (TPSA) is 69.3 Å². The molecule has 0 aliphatic rings. The highest BCUT2D eigenvalue weighted by Gasteiger charge is 2.13. The summed E-state index contributed by atoms with van der Waals surface area (Å²) in [6.07, 6.45) is 0. The third-order valence-corrected chi connectivity index (χ3v) is 4.96. The van der Waals surface area contributed by atoms with Crippen molar-refractivity contribution < 1.29 is 9.21 Å². The predicted octanol–water partition coefficient (Wildman–Crippen LogP) is 5.13. The molecule has 0 aliphatic heterocycles. The Morgan fingerprint density at radius 2 is 1.75 bits per heavy atom. The molecular formula is C23H27N3O2. The lowest BCUT2D eigenvalue weighted by atomic mass is 10.0. The first kappa shape index (κ1) is 19.7. The Morgan fingerprint density at radius 3 is 2.36 bits per heavy atom. The lowest BCUT2D eigenvalue weighted by molar-refractivity contribution is 0.102. The van der Waals surface area contributed by atoms with E-state index in [1.54, 1.807) is 6.07 Å². The summed E-state index contributed by atoms with van der Waals surface area (Å²) in [6, 6.07) is 15.3. The molecule has 1 amide bonds. The lowest BCUT2D eigenvalue weighted by Gasteiger charge is -2.21. The highest BCUT2D eigenvalue weighted by Crippen LogP contribution is 2.22. The van der Waals surface area contributed by atoms with E-state index in [0.717, 1.165) is 24.2 Å². The number of fused-ring (bicyclic) bond motifs is 1. The normalized spacial score (nSPS) is 11.0. The van der Waals surface area contributed by atoms with Gasteiger partial charge in [0.15, 0.2) is 0 Å². The van der Waals surface area contributed by atoms with Crippen LogP contribution in [-0.2, 0) is 0 Å². The van der Waals surface area contributed by atoms with Gasteiger partial charge in [0.25, 0.3) is 5.91 Å². The third kappa shape index (κ3) is 4.09. The SMILES string of the molecule is CCN(CC)c1ccc2cc(C(=O)Nc3ccc(C(C)C)cc3)c(=N)oc2c1. The van der Waals surface area contributed by atoms with Gasteiger partial charge in [-0.25, -0.2) is 0 Å². The second kappa shape index (κ2) is 8.30. The summed E-state index contributed by atoms with van der Waals surface area (Å²) in [4.78, 5) is 14.9. The van der Waals surface area contributed by atoms with E-state index in [1.165, 1.54) is 5.56 Å². The van der Waals surface area contributed by atoms with Gasteiger partial charge >= 0.3 is 0 Å². The molecule has 0 radical (unpaired) electrons. The second-order valence-corrected chi connectivity index (χ2v) is 7.11. The van der Waals surface area contributed by atoms with E-state index in [1.807, 2.05) is 42.5 Å². The van der Waals surface area contributed by atoms with Crippen molar-refractivity contribution in [3.63, 3.8) is 0 Å². The molecule has 146 valence electrons. The molecule has 0 fully saturated rings. The number of hydrogen-bond acceptors (Lipinski definition) is 4. The minimum Gasteiger partial charge on any atom is -0.438 e. The Labute approximate surface area is 165 Å². The van der Waals surface area contributed by atoms with Crippen LogP contribution in [0.3, 0.4) is 0 Å². The monoisotopic (exact) mass is 377 g/mol. The summed E-state index contributed by atoms with van der Waals surface area (Å²) in [5, 5.41) is 11.8. The number of anilines is 2. The van der Waals surface area contributed by atoms with Gasteiger partial charge in [-0.15, -0.1) is 0 Å². The van der Waals surface area contributed by atoms with Crippen LogP contribution in [0.25, 0.3) is 11.0 Å². The first-order valence-electron chi connectivity index (χ1n) is 9.71. The van der Waals surface area contributed by atoms with Gasteiger partial charge in [0.05, 0.1) is 0 Å². The molecule has 0 spiro atoms. The van der Waals surface area contributed by atoms with Crippen molar-refractivity contribution in [1.29, 1.82) is 5.41 Å². The molecule has 0 bridgehead atoms. The molecule has 1 aromatic heterocycles. The molecule has 5 nitrogen and oxygen atoms in total. The van der Waals surface area contributed by atoms with Crippen molar-refractivity contribution in [1.82, 2.24) is 0 Å². The van der Waals surface area contributed by atoms with Gasteiger partial charge in [-0.2, -0.15) is 0 Å². The van der Waals surface area contributed by atoms with E-state index in [-0.39, 0.29) is 17.0 Å². The van der Waals surface area contributed by atoms with E-state index in [2.05, 4.69) is 37.9 Å². The van der Waals surface area contributed by atoms with Crippen LogP contribution in [0.2, 0.25) is 0 Å². The minimum absolute atomic E-state index is 0.138. The Morgan fingerprint density at radius 1 is 1.07 bits per heavy atom. The van der Waals surface area contributed by atoms with Crippen LogP contribution >= 0.6 is 0 Å². The van der Waals surface area contributed by atoms with Crippen LogP contribution in [-0.4, -0.2) is 19.0 Å². The van der Waals surface area contributed by atoms with Crippen LogP contribution < -0.4 is 15.8 Å². The van der Waals surface area contributed by atoms with Gasteiger partial charge in [-0.3, -0.25) is 10.2 Å². The van der Waals surface area contributed by atoms with E-state index >= 15 is 0 Å². The fourth-order valence-electron chi connectivity index (χ4n) is 3.22. The molecule has 0 aliphatic carbocycles. The van der Waals surface area contributed by atoms with Gasteiger partial charge in [0.2, 0.25) is 5.55 Å². The Balaban J connectivity index is 1.88. The molecule has 1 heterocycles. The lowest BCUT2D eigenvalue weighted by Crippen LogP contribution is -2.22. The zero-order chi connectivity index (χ0) is 20.3. The van der Waals surface area contributed by atoms with Crippen molar-refractivity contribution >= 4 is 28.3 Å². The van der Waals surface area contributed by atoms with Gasteiger partial charge in [0, 0.05) is 35.9 Å². The fourth-order valence-corrected chi connectivity index (χ4v) is 3.22. The molecule has 2 aromatic carbocycles. The van der Waals surface area contributed by atoms with Crippen molar-refractivity contribution in [2.45, 2.75) is 33.6 Å². The Hall–Kier alpha value is -3.08. The van der Waals surface area contributed by atoms with Crippen LogP contribution in [0.5, 0.6) is 0 Å². The average Bonchev–Trinajstić information content (AvgIpc) is 2.68. The molecule has 3 aromatic rings. The predicted molar refractivity (Wildman–Crippen MR) is 114 cm³/mol. The van der Waals surface area contributed by atoms with E-state index in [9.17, 15) is 4.79 Å². The highest BCUT2D eigenvalue weighted by atomic mass is 16.3. The minimum atomic E-state index is -0.347. The number of nitrogens with one attached hydrogen (secondary N) is 2. The summed E-state index contributed by atoms with van der Waals surface area (Å²) in [5.74, 6) is 0.0888. The summed E-state index contributed by atoms with van der Waals surface area (Å²) in [6.45, 7) is 10.2. The number of hydrogen-bond donors (Lipinski definition) is 2. The third-order valence-electron chi connectivity index (χ3n) is 4.96. The quantitative estimate of drug-likeness (QED) is 0.625. The van der Waals surface area contributed by atoms with Crippen LogP contribution in [0.1, 0.15) is 49.5 Å². The van der Waals surface area contributed by atoms with Gasteiger partial charge in [-0.05, 0) is 55.7 Å². The summed E-state index contributed by atoms with van der Waals surface area (Å²) < 4.78 is 5.66. The van der Waals surface area contributed by atoms with E-state index in [4.69, 9.17) is 9.83 Å². The van der Waals surface area contributed by atoms with Gasteiger partial charge in [-0.1, -0.05) is 26.0 Å². The van der Waals surface area contributed by atoms with Crippen LogP contribution in [0.15, 0.2) is 52.9 Å².